The molecule has 46 valence electrons. The molecule has 0 aliphatic heterocycles. The number of H-pyrrole nitrogens is 1. The van der Waals surface area contributed by atoms with Crippen molar-refractivity contribution in [2.75, 3.05) is 5.33 Å². The summed E-state index contributed by atoms with van der Waals surface area (Å²) in [6.07, 6.45) is 3.45. The molecule has 1 aromatic rings. The van der Waals surface area contributed by atoms with Crippen LogP contribution >= 0.6 is 15.9 Å². The monoisotopic (exact) mass is 184 g/mol. The van der Waals surface area contributed by atoms with Crippen LogP contribution in [0.5, 0.6) is 0 Å². The molecule has 0 fully saturated rings. The van der Waals surface area contributed by atoms with Gasteiger partial charge in [-0.15, -0.1) is 0 Å². The Morgan fingerprint density at radius 1 is 1.78 bits per heavy atom. The summed E-state index contributed by atoms with van der Waals surface area (Å²) in [4.78, 5) is 0. The van der Waals surface area contributed by atoms with Crippen molar-refractivity contribution in [3.8, 4) is 11.8 Å². The number of aromatic amines is 1. The zero-order valence-corrected chi connectivity index (χ0v) is 6.27. The van der Waals surface area contributed by atoms with Gasteiger partial charge < -0.3 is 0 Å². The average molecular weight is 185 g/mol. The molecule has 0 aliphatic rings. The molecule has 1 heterocycles. The number of alkyl halides is 1. The van der Waals surface area contributed by atoms with E-state index in [9.17, 15) is 0 Å². The van der Waals surface area contributed by atoms with Gasteiger partial charge in [0.2, 0.25) is 0 Å². The molecule has 0 radical (unpaired) electrons. The second-order valence-electron chi connectivity index (χ2n) is 1.42. The molecule has 0 aliphatic carbocycles. The van der Waals surface area contributed by atoms with E-state index in [-0.39, 0.29) is 0 Å². The Kier molecular flexibility index (Phi) is 2.34. The van der Waals surface area contributed by atoms with Gasteiger partial charge in [0.15, 0.2) is 0 Å². The lowest BCUT2D eigenvalue weighted by atomic mass is 10.4. The molecule has 0 spiro atoms. The van der Waals surface area contributed by atoms with Gasteiger partial charge in [-0.1, -0.05) is 27.8 Å². The summed E-state index contributed by atoms with van der Waals surface area (Å²) in [6.45, 7) is 0. The number of nitrogens with zero attached hydrogens (tertiary/aromatic N) is 1. The highest BCUT2D eigenvalue weighted by Gasteiger charge is 1.81. The molecule has 0 bridgehead atoms. The minimum Gasteiger partial charge on any atom is -0.284 e. The molecule has 1 N–H and O–H groups in total. The smallest absolute Gasteiger partial charge is 0.0649 e. The van der Waals surface area contributed by atoms with E-state index in [0.717, 1.165) is 5.56 Å². The van der Waals surface area contributed by atoms with Crippen LogP contribution < -0.4 is 0 Å². The van der Waals surface area contributed by atoms with Crippen LogP contribution in [-0.2, 0) is 0 Å². The number of aromatic nitrogens is 2. The summed E-state index contributed by atoms with van der Waals surface area (Å²) < 4.78 is 0. The van der Waals surface area contributed by atoms with Crippen LogP contribution in [0.4, 0.5) is 0 Å². The van der Waals surface area contributed by atoms with Crippen LogP contribution in [0.1, 0.15) is 5.56 Å². The Balaban J connectivity index is 2.67. The van der Waals surface area contributed by atoms with E-state index < -0.39 is 0 Å². The Morgan fingerprint density at radius 2 is 2.67 bits per heavy atom. The molecule has 3 heteroatoms. The van der Waals surface area contributed by atoms with Crippen LogP contribution in [0.25, 0.3) is 0 Å². The molecule has 1 aromatic heterocycles. The molecule has 0 atom stereocenters. The predicted octanol–water partition coefficient (Wildman–Crippen LogP) is 1.16. The van der Waals surface area contributed by atoms with E-state index in [2.05, 4.69) is 38.0 Å². The van der Waals surface area contributed by atoms with Crippen molar-refractivity contribution in [2.45, 2.75) is 0 Å². The fraction of sp³-hybridized carbons (Fsp3) is 0.167. The normalized spacial score (nSPS) is 8.11. The van der Waals surface area contributed by atoms with Crippen LogP contribution in [-0.4, -0.2) is 15.5 Å². The van der Waals surface area contributed by atoms with Crippen LogP contribution in [0.2, 0.25) is 0 Å². The highest BCUT2D eigenvalue weighted by Crippen LogP contribution is 1.88. The van der Waals surface area contributed by atoms with Gasteiger partial charge in [-0.2, -0.15) is 5.10 Å². The minimum atomic E-state index is 0.707. The van der Waals surface area contributed by atoms with Crippen LogP contribution in [0.15, 0.2) is 12.4 Å². The third kappa shape index (κ3) is 1.90. The van der Waals surface area contributed by atoms with Crippen LogP contribution in [0.3, 0.4) is 0 Å². The number of hydrogen-bond acceptors (Lipinski definition) is 1. The lowest BCUT2D eigenvalue weighted by Crippen LogP contribution is -1.64. The topological polar surface area (TPSA) is 28.7 Å². The Bertz CT molecular complexity index is 217. The van der Waals surface area contributed by atoms with Crippen molar-refractivity contribution < 1.29 is 0 Å². The maximum atomic E-state index is 3.73. The highest BCUT2D eigenvalue weighted by molar-refractivity contribution is 9.09. The SMILES string of the molecule is BrCC#Cc1cn[nH]c1. The summed E-state index contributed by atoms with van der Waals surface area (Å²) in [7, 11) is 0. The lowest BCUT2D eigenvalue weighted by Gasteiger charge is -1.70. The zero-order valence-electron chi connectivity index (χ0n) is 4.69. The third-order valence-electron chi connectivity index (χ3n) is 0.798. The van der Waals surface area contributed by atoms with Gasteiger partial charge in [-0.3, -0.25) is 5.10 Å². The quantitative estimate of drug-likeness (QED) is 0.476. The minimum absolute atomic E-state index is 0.707. The lowest BCUT2D eigenvalue weighted by molar-refractivity contribution is 1.09. The number of nitrogens with one attached hydrogen (secondary N) is 1. The Morgan fingerprint density at radius 3 is 3.22 bits per heavy atom. The molecular formula is C6H5BrN2. The summed E-state index contributed by atoms with van der Waals surface area (Å²) >= 11 is 3.19. The van der Waals surface area contributed by atoms with E-state index >= 15 is 0 Å². The molecule has 1 rings (SSSR count). The summed E-state index contributed by atoms with van der Waals surface area (Å²) in [5.74, 6) is 5.74. The van der Waals surface area contributed by atoms with Crippen molar-refractivity contribution in [3.05, 3.63) is 18.0 Å². The standard InChI is InChI=1S/C6H5BrN2/c7-3-1-2-6-4-8-9-5-6/h4-5H,3H2,(H,8,9). The number of halogens is 1. The third-order valence-corrected chi connectivity index (χ3v) is 1.08. The first kappa shape index (κ1) is 6.37. The molecule has 0 aromatic carbocycles. The first-order chi connectivity index (χ1) is 4.43. The summed E-state index contributed by atoms with van der Waals surface area (Å²) in [5, 5.41) is 7.11. The number of rotatable bonds is 0. The van der Waals surface area contributed by atoms with E-state index in [1.165, 1.54) is 0 Å². The molecule has 0 saturated carbocycles. The molecule has 0 saturated heterocycles. The van der Waals surface area contributed by atoms with Gasteiger partial charge in [-0.25, -0.2) is 0 Å². The van der Waals surface area contributed by atoms with Gasteiger partial charge in [-0.05, 0) is 0 Å². The second kappa shape index (κ2) is 3.31. The van der Waals surface area contributed by atoms with Crippen molar-refractivity contribution in [3.63, 3.8) is 0 Å². The van der Waals surface area contributed by atoms with E-state index in [0.29, 0.717) is 5.33 Å². The van der Waals surface area contributed by atoms with Crippen molar-refractivity contribution in [1.82, 2.24) is 10.2 Å². The fourth-order valence-electron chi connectivity index (χ4n) is 0.455. The predicted molar refractivity (Wildman–Crippen MR) is 39.3 cm³/mol. The highest BCUT2D eigenvalue weighted by atomic mass is 79.9. The van der Waals surface area contributed by atoms with Crippen molar-refractivity contribution >= 4 is 15.9 Å². The molecule has 2 nitrogen and oxygen atoms in total. The van der Waals surface area contributed by atoms with Crippen molar-refractivity contribution in [1.29, 1.82) is 0 Å². The molecule has 9 heavy (non-hydrogen) atoms. The maximum absolute atomic E-state index is 3.73. The van der Waals surface area contributed by atoms with Gasteiger partial charge in [0, 0.05) is 6.20 Å². The Labute approximate surface area is 61.8 Å². The summed E-state index contributed by atoms with van der Waals surface area (Å²) in [6, 6.07) is 0. The van der Waals surface area contributed by atoms with Gasteiger partial charge in [0.25, 0.3) is 0 Å². The Hall–Kier alpha value is -0.750. The van der Waals surface area contributed by atoms with Gasteiger partial charge >= 0.3 is 0 Å². The molecule has 0 unspecified atom stereocenters. The van der Waals surface area contributed by atoms with Gasteiger partial charge in [0.05, 0.1) is 17.1 Å². The first-order valence-corrected chi connectivity index (χ1v) is 3.59. The number of hydrogen-bond donors (Lipinski definition) is 1. The average Bonchev–Trinajstić information content (AvgIpc) is 2.34. The van der Waals surface area contributed by atoms with Crippen molar-refractivity contribution in [2.24, 2.45) is 0 Å². The second-order valence-corrected chi connectivity index (χ2v) is 1.98. The largest absolute Gasteiger partial charge is 0.284 e. The zero-order chi connectivity index (χ0) is 6.53. The van der Waals surface area contributed by atoms with E-state index in [1.54, 1.807) is 12.4 Å². The first-order valence-electron chi connectivity index (χ1n) is 2.47. The van der Waals surface area contributed by atoms with E-state index in [4.69, 9.17) is 0 Å². The van der Waals surface area contributed by atoms with E-state index in [1.807, 2.05) is 0 Å². The maximum Gasteiger partial charge on any atom is 0.0649 e. The molecular weight excluding hydrogens is 180 g/mol. The fourth-order valence-corrected chi connectivity index (χ4v) is 0.595. The van der Waals surface area contributed by atoms with Crippen LogP contribution in [0, 0.1) is 11.8 Å². The summed E-state index contributed by atoms with van der Waals surface area (Å²) in [5.41, 5.74) is 0.925. The molecule has 0 amide bonds. The van der Waals surface area contributed by atoms with Gasteiger partial charge in [0.1, 0.15) is 0 Å².